The van der Waals surface area contributed by atoms with Gasteiger partial charge in [0.15, 0.2) is 0 Å². The molecule has 1 aromatic rings. The van der Waals surface area contributed by atoms with Crippen molar-refractivity contribution in [3.63, 3.8) is 0 Å². The van der Waals surface area contributed by atoms with Gasteiger partial charge in [-0.1, -0.05) is 28.1 Å². The Balaban J connectivity index is 2.93. The van der Waals surface area contributed by atoms with Crippen LogP contribution in [0.3, 0.4) is 0 Å². The van der Waals surface area contributed by atoms with Crippen LogP contribution in [-0.4, -0.2) is 17.4 Å². The Morgan fingerprint density at radius 1 is 1.42 bits per heavy atom. The van der Waals surface area contributed by atoms with Crippen molar-refractivity contribution in [1.82, 2.24) is 5.32 Å². The van der Waals surface area contributed by atoms with Gasteiger partial charge in [0.2, 0.25) is 0 Å². The van der Waals surface area contributed by atoms with Crippen molar-refractivity contribution in [3.8, 4) is 0 Å². The number of nitrogens with two attached hydrogens (primary N) is 1. The van der Waals surface area contributed by atoms with E-state index in [9.17, 15) is 18.0 Å². The lowest BCUT2D eigenvalue weighted by Crippen LogP contribution is -2.29. The van der Waals surface area contributed by atoms with Crippen LogP contribution in [0.5, 0.6) is 0 Å². The van der Waals surface area contributed by atoms with Crippen LogP contribution < -0.4 is 11.1 Å². The van der Waals surface area contributed by atoms with Crippen LogP contribution >= 0.6 is 28.1 Å². The molecule has 0 aromatic heterocycles. The van der Waals surface area contributed by atoms with Gasteiger partial charge in [0.1, 0.15) is 0 Å². The molecular weight excluding hydrogens is 345 g/mol. The maximum atomic E-state index is 12.8. The van der Waals surface area contributed by atoms with E-state index in [1.54, 1.807) is 0 Å². The number of alkyl halides is 3. The lowest BCUT2D eigenvalue weighted by molar-refractivity contribution is -0.138. The lowest BCUT2D eigenvalue weighted by Gasteiger charge is -2.13. The number of hydrogen-bond acceptors (Lipinski definition) is 2. The van der Waals surface area contributed by atoms with Crippen LogP contribution in [0.15, 0.2) is 22.7 Å². The van der Waals surface area contributed by atoms with Gasteiger partial charge < -0.3 is 11.1 Å². The summed E-state index contributed by atoms with van der Waals surface area (Å²) in [7, 11) is 0. The molecule has 3 nitrogen and oxygen atoms in total. The first-order valence-corrected chi connectivity index (χ1v) is 6.35. The minimum absolute atomic E-state index is 0.0987. The molecule has 0 saturated heterocycles. The van der Waals surface area contributed by atoms with Crippen molar-refractivity contribution in [1.29, 1.82) is 0 Å². The van der Waals surface area contributed by atoms with E-state index in [-0.39, 0.29) is 22.4 Å². The van der Waals surface area contributed by atoms with Gasteiger partial charge in [-0.15, -0.1) is 0 Å². The van der Waals surface area contributed by atoms with Gasteiger partial charge in [-0.2, -0.15) is 13.2 Å². The fourth-order valence-corrected chi connectivity index (χ4v) is 1.81. The zero-order chi connectivity index (χ0) is 14.6. The third-order valence-electron chi connectivity index (χ3n) is 2.19. The monoisotopic (exact) mass is 354 g/mol. The smallest absolute Gasteiger partial charge is 0.393 e. The largest absolute Gasteiger partial charge is 0.417 e. The molecule has 0 aliphatic heterocycles. The van der Waals surface area contributed by atoms with E-state index in [0.717, 1.165) is 12.1 Å². The van der Waals surface area contributed by atoms with Gasteiger partial charge in [0.25, 0.3) is 5.91 Å². The fourth-order valence-electron chi connectivity index (χ4n) is 1.34. The van der Waals surface area contributed by atoms with Gasteiger partial charge in [-0.05, 0) is 18.2 Å². The van der Waals surface area contributed by atoms with E-state index in [2.05, 4.69) is 33.5 Å². The number of hydrogen-bond donors (Lipinski definition) is 2. The Hall–Kier alpha value is -1.15. The highest BCUT2D eigenvalue weighted by Crippen LogP contribution is 2.33. The minimum atomic E-state index is -4.60. The van der Waals surface area contributed by atoms with Crippen LogP contribution in [0.25, 0.3) is 0 Å². The molecule has 1 aromatic carbocycles. The first kappa shape index (κ1) is 15.9. The second-order valence-electron chi connectivity index (χ2n) is 3.66. The molecule has 8 heteroatoms. The molecule has 0 heterocycles. The molecule has 0 fully saturated rings. The van der Waals surface area contributed by atoms with E-state index in [4.69, 9.17) is 5.73 Å². The summed E-state index contributed by atoms with van der Waals surface area (Å²) in [6.07, 6.45) is -4.36. The molecular formula is C11H10BrF3N2OS. The van der Waals surface area contributed by atoms with Crippen LogP contribution in [0.1, 0.15) is 22.3 Å². The van der Waals surface area contributed by atoms with Crippen LogP contribution in [-0.2, 0) is 6.18 Å². The molecule has 0 aliphatic carbocycles. The molecule has 3 N–H and O–H groups in total. The summed E-state index contributed by atoms with van der Waals surface area (Å²) in [6.45, 7) is 0.0987. The predicted octanol–water partition coefficient (Wildman–Crippen LogP) is 2.87. The molecule has 1 amide bonds. The topological polar surface area (TPSA) is 55.1 Å². The van der Waals surface area contributed by atoms with Gasteiger partial charge in [-0.3, -0.25) is 4.79 Å². The maximum absolute atomic E-state index is 12.8. The van der Waals surface area contributed by atoms with Crippen LogP contribution in [0.4, 0.5) is 13.2 Å². The number of rotatable bonds is 4. The van der Waals surface area contributed by atoms with Crippen molar-refractivity contribution in [2.75, 3.05) is 6.54 Å². The summed E-state index contributed by atoms with van der Waals surface area (Å²) in [5.74, 6) is -0.809. The number of thiocarbonyl (C=S) groups is 1. The number of carbonyl (C=O) groups is 1. The molecule has 0 unspecified atom stereocenters. The van der Waals surface area contributed by atoms with Crippen molar-refractivity contribution < 1.29 is 18.0 Å². The second-order valence-corrected chi connectivity index (χ2v) is 5.10. The van der Waals surface area contributed by atoms with E-state index in [1.807, 2.05) is 0 Å². The molecule has 104 valence electrons. The van der Waals surface area contributed by atoms with Crippen LogP contribution in [0.2, 0.25) is 0 Å². The van der Waals surface area contributed by atoms with E-state index in [1.165, 1.54) is 6.07 Å². The zero-order valence-corrected chi connectivity index (χ0v) is 12.0. The van der Waals surface area contributed by atoms with Crippen molar-refractivity contribution in [2.45, 2.75) is 12.6 Å². The first-order chi connectivity index (χ1) is 8.71. The maximum Gasteiger partial charge on any atom is 0.417 e. The zero-order valence-electron chi connectivity index (χ0n) is 9.55. The molecule has 1 rings (SSSR count). The van der Waals surface area contributed by atoms with E-state index < -0.39 is 23.2 Å². The Labute approximate surface area is 121 Å². The second kappa shape index (κ2) is 6.33. The van der Waals surface area contributed by atoms with Gasteiger partial charge in [-0.25, -0.2) is 0 Å². The predicted molar refractivity (Wildman–Crippen MR) is 72.9 cm³/mol. The number of amides is 1. The molecule has 0 spiro atoms. The quantitative estimate of drug-likeness (QED) is 0.817. The number of halogens is 4. The van der Waals surface area contributed by atoms with Gasteiger partial charge >= 0.3 is 6.18 Å². The minimum Gasteiger partial charge on any atom is -0.393 e. The summed E-state index contributed by atoms with van der Waals surface area (Å²) in [5, 5.41) is 2.34. The number of benzene rings is 1. The third kappa shape index (κ3) is 4.79. The normalized spacial score (nSPS) is 11.2. The summed E-state index contributed by atoms with van der Waals surface area (Å²) >= 11 is 7.55. The van der Waals surface area contributed by atoms with Crippen molar-refractivity contribution in [3.05, 3.63) is 33.8 Å². The Morgan fingerprint density at radius 2 is 2.05 bits per heavy atom. The highest BCUT2D eigenvalue weighted by Gasteiger charge is 2.35. The first-order valence-electron chi connectivity index (χ1n) is 5.15. The summed E-state index contributed by atoms with van der Waals surface area (Å²) in [5.41, 5.74) is 3.81. The molecule has 0 bridgehead atoms. The Morgan fingerprint density at radius 3 is 2.58 bits per heavy atom. The Bertz CT molecular complexity index is 505. The van der Waals surface area contributed by atoms with Crippen molar-refractivity contribution in [2.24, 2.45) is 5.73 Å². The summed E-state index contributed by atoms with van der Waals surface area (Å²) in [6, 6.07) is 3.35. The molecule has 0 atom stereocenters. The molecule has 0 radical (unpaired) electrons. The fraction of sp³-hybridized carbons (Fsp3) is 0.273. The van der Waals surface area contributed by atoms with Crippen molar-refractivity contribution >= 4 is 39.0 Å². The Kier molecular flexibility index (Phi) is 5.30. The van der Waals surface area contributed by atoms with Gasteiger partial charge in [0, 0.05) is 17.4 Å². The molecule has 0 saturated carbocycles. The van der Waals surface area contributed by atoms with E-state index in [0.29, 0.717) is 0 Å². The standard InChI is InChI=1S/C11H10BrF3N2OS/c12-6-1-2-7(8(5-6)11(13,14)15)10(18)17-4-3-9(16)19/h1-2,5H,3-4H2,(H2,16,19)(H,17,18). The van der Waals surface area contributed by atoms with E-state index >= 15 is 0 Å². The van der Waals surface area contributed by atoms with Crippen LogP contribution in [0, 0.1) is 0 Å². The molecule has 19 heavy (non-hydrogen) atoms. The average molecular weight is 355 g/mol. The van der Waals surface area contributed by atoms with Gasteiger partial charge in [0.05, 0.1) is 16.1 Å². The SMILES string of the molecule is NC(=S)CCNC(=O)c1ccc(Br)cc1C(F)(F)F. The third-order valence-corrected chi connectivity index (χ3v) is 2.89. The highest BCUT2D eigenvalue weighted by atomic mass is 79.9. The number of nitrogens with one attached hydrogen (secondary N) is 1. The summed E-state index contributed by atoms with van der Waals surface area (Å²) < 4.78 is 38.6. The summed E-state index contributed by atoms with van der Waals surface area (Å²) in [4.78, 5) is 11.9. The lowest BCUT2D eigenvalue weighted by atomic mass is 10.1. The highest BCUT2D eigenvalue weighted by molar-refractivity contribution is 9.10. The average Bonchev–Trinajstić information content (AvgIpc) is 2.27. The number of carbonyl (C=O) groups excluding carboxylic acids is 1. The molecule has 0 aliphatic rings.